The van der Waals surface area contributed by atoms with Crippen LogP contribution in [0, 0.1) is 0 Å². The maximum absolute atomic E-state index is 5.59. The summed E-state index contributed by atoms with van der Waals surface area (Å²) in [5.74, 6) is 0. The van der Waals surface area contributed by atoms with E-state index in [4.69, 9.17) is 5.73 Å². The number of rotatable bonds is 2. The van der Waals surface area contributed by atoms with Crippen molar-refractivity contribution in [1.82, 2.24) is 0 Å². The molecule has 13 heavy (non-hydrogen) atoms. The van der Waals surface area contributed by atoms with Crippen LogP contribution in [-0.2, 0) is 6.54 Å². The summed E-state index contributed by atoms with van der Waals surface area (Å²) in [6, 6.07) is 8.06. The molecular formula is C10H17ClN2. The number of anilines is 1. The van der Waals surface area contributed by atoms with Crippen LogP contribution in [0.3, 0.4) is 0 Å². The molecule has 0 fully saturated rings. The highest BCUT2D eigenvalue weighted by Crippen LogP contribution is 2.09. The van der Waals surface area contributed by atoms with E-state index in [2.05, 4.69) is 33.3 Å². The second kappa shape index (κ2) is 4.49. The lowest BCUT2D eigenvalue weighted by Crippen LogP contribution is -3.00. The predicted octanol–water partition coefficient (Wildman–Crippen LogP) is -1.52. The number of hydrogen-bond acceptors (Lipinski definition) is 1. The van der Waals surface area contributed by atoms with Gasteiger partial charge in [-0.2, -0.15) is 0 Å². The number of benzene rings is 1. The fourth-order valence-electron chi connectivity index (χ4n) is 1.17. The molecule has 2 nitrogen and oxygen atoms in total. The molecule has 0 aliphatic carbocycles. The lowest BCUT2D eigenvalue weighted by Gasteiger charge is -2.23. The molecule has 0 spiro atoms. The minimum Gasteiger partial charge on any atom is -1.00 e. The Morgan fingerprint density at radius 2 is 1.54 bits per heavy atom. The Kier molecular flexibility index (Phi) is 4.24. The predicted molar refractivity (Wildman–Crippen MR) is 52.6 cm³/mol. The number of nitrogens with two attached hydrogens (primary N) is 1. The molecule has 1 rings (SSSR count). The van der Waals surface area contributed by atoms with E-state index in [9.17, 15) is 0 Å². The van der Waals surface area contributed by atoms with Crippen molar-refractivity contribution in [2.24, 2.45) is 0 Å². The summed E-state index contributed by atoms with van der Waals surface area (Å²) >= 11 is 0. The first-order valence-electron chi connectivity index (χ1n) is 4.12. The summed E-state index contributed by atoms with van der Waals surface area (Å²) in [6.07, 6.45) is 0. The van der Waals surface area contributed by atoms with Crippen molar-refractivity contribution >= 4 is 5.69 Å². The Labute approximate surface area is 86.4 Å². The third-order valence-electron chi connectivity index (χ3n) is 1.64. The third kappa shape index (κ3) is 4.76. The van der Waals surface area contributed by atoms with E-state index in [0.717, 1.165) is 16.7 Å². The normalized spacial score (nSPS) is 10.7. The van der Waals surface area contributed by atoms with Crippen LogP contribution in [0.4, 0.5) is 5.69 Å². The number of quaternary nitrogens is 1. The van der Waals surface area contributed by atoms with Crippen molar-refractivity contribution in [3.05, 3.63) is 29.8 Å². The van der Waals surface area contributed by atoms with Crippen LogP contribution in [0.25, 0.3) is 0 Å². The molecule has 74 valence electrons. The molecule has 0 saturated heterocycles. The molecular weight excluding hydrogens is 184 g/mol. The molecule has 0 unspecified atom stereocenters. The Morgan fingerprint density at radius 3 is 1.92 bits per heavy atom. The Hall–Kier alpha value is -0.730. The summed E-state index contributed by atoms with van der Waals surface area (Å²) < 4.78 is 0.948. The topological polar surface area (TPSA) is 26.0 Å². The molecule has 0 amide bonds. The quantitative estimate of drug-likeness (QED) is 0.456. The highest BCUT2D eigenvalue weighted by molar-refractivity contribution is 5.38. The van der Waals surface area contributed by atoms with E-state index in [-0.39, 0.29) is 12.4 Å². The van der Waals surface area contributed by atoms with Crippen molar-refractivity contribution in [1.29, 1.82) is 0 Å². The zero-order valence-electron chi connectivity index (χ0n) is 8.42. The van der Waals surface area contributed by atoms with E-state index in [1.807, 2.05) is 12.1 Å². The van der Waals surface area contributed by atoms with Crippen LogP contribution in [0.1, 0.15) is 5.56 Å². The van der Waals surface area contributed by atoms with Gasteiger partial charge in [0.2, 0.25) is 0 Å². The summed E-state index contributed by atoms with van der Waals surface area (Å²) in [4.78, 5) is 0. The molecule has 2 N–H and O–H groups in total. The molecule has 0 aromatic heterocycles. The van der Waals surface area contributed by atoms with Crippen LogP contribution in [0.15, 0.2) is 24.3 Å². The standard InChI is InChI=1S/C10H17N2.ClH/c1-12(2,3)8-9-4-6-10(11)7-5-9;/h4-7H,8,11H2,1-3H3;1H/q+1;/p-1. The van der Waals surface area contributed by atoms with Gasteiger partial charge in [0.1, 0.15) is 6.54 Å². The lowest BCUT2D eigenvalue weighted by atomic mass is 10.2. The summed E-state index contributed by atoms with van der Waals surface area (Å²) in [6.45, 7) is 1.04. The van der Waals surface area contributed by atoms with Gasteiger partial charge in [-0.15, -0.1) is 0 Å². The summed E-state index contributed by atoms with van der Waals surface area (Å²) in [5.41, 5.74) is 7.75. The molecule has 1 aromatic carbocycles. The zero-order valence-corrected chi connectivity index (χ0v) is 9.17. The molecule has 3 heteroatoms. The Morgan fingerprint density at radius 1 is 1.08 bits per heavy atom. The molecule has 0 heterocycles. The van der Waals surface area contributed by atoms with Crippen molar-refractivity contribution in [3.8, 4) is 0 Å². The molecule has 0 atom stereocenters. The van der Waals surface area contributed by atoms with Crippen molar-refractivity contribution < 1.29 is 16.9 Å². The molecule has 1 aromatic rings. The second-order valence-electron chi connectivity index (χ2n) is 4.19. The molecule has 0 aliphatic heterocycles. The van der Waals surface area contributed by atoms with Gasteiger partial charge in [0.25, 0.3) is 0 Å². The fraction of sp³-hybridized carbons (Fsp3) is 0.400. The van der Waals surface area contributed by atoms with Crippen LogP contribution in [0.5, 0.6) is 0 Å². The zero-order chi connectivity index (χ0) is 9.19. The average molecular weight is 201 g/mol. The number of halogens is 1. The van der Waals surface area contributed by atoms with Crippen LogP contribution < -0.4 is 18.1 Å². The van der Waals surface area contributed by atoms with E-state index < -0.39 is 0 Å². The van der Waals surface area contributed by atoms with Gasteiger partial charge in [0.15, 0.2) is 0 Å². The number of hydrogen-bond donors (Lipinski definition) is 1. The number of nitrogen functional groups attached to an aromatic ring is 1. The number of nitrogens with zero attached hydrogens (tertiary/aromatic N) is 1. The summed E-state index contributed by atoms with van der Waals surface area (Å²) in [5, 5.41) is 0. The smallest absolute Gasteiger partial charge is 0.104 e. The van der Waals surface area contributed by atoms with Gasteiger partial charge in [-0.3, -0.25) is 0 Å². The average Bonchev–Trinajstić information content (AvgIpc) is 1.91. The second-order valence-corrected chi connectivity index (χ2v) is 4.19. The van der Waals surface area contributed by atoms with Crippen LogP contribution in [0.2, 0.25) is 0 Å². The van der Waals surface area contributed by atoms with Gasteiger partial charge >= 0.3 is 0 Å². The van der Waals surface area contributed by atoms with Gasteiger partial charge < -0.3 is 22.6 Å². The molecule has 0 saturated carbocycles. The van der Waals surface area contributed by atoms with Crippen molar-refractivity contribution in [2.45, 2.75) is 6.54 Å². The van der Waals surface area contributed by atoms with E-state index in [1.54, 1.807) is 0 Å². The monoisotopic (exact) mass is 200 g/mol. The molecule has 0 bridgehead atoms. The van der Waals surface area contributed by atoms with Crippen molar-refractivity contribution in [3.63, 3.8) is 0 Å². The largest absolute Gasteiger partial charge is 1.00 e. The fourth-order valence-corrected chi connectivity index (χ4v) is 1.17. The molecule has 0 aliphatic rings. The van der Waals surface area contributed by atoms with Crippen LogP contribution in [-0.4, -0.2) is 25.6 Å². The maximum Gasteiger partial charge on any atom is 0.104 e. The third-order valence-corrected chi connectivity index (χ3v) is 1.64. The van der Waals surface area contributed by atoms with Gasteiger partial charge in [0, 0.05) is 11.3 Å². The SMILES string of the molecule is C[N+](C)(C)Cc1ccc(N)cc1.[Cl-]. The highest BCUT2D eigenvalue weighted by Gasteiger charge is 2.07. The van der Waals surface area contributed by atoms with Gasteiger partial charge in [-0.1, -0.05) is 12.1 Å². The molecule has 0 radical (unpaired) electrons. The van der Waals surface area contributed by atoms with Gasteiger partial charge in [-0.05, 0) is 12.1 Å². The van der Waals surface area contributed by atoms with Crippen molar-refractivity contribution in [2.75, 3.05) is 26.9 Å². The lowest BCUT2D eigenvalue weighted by molar-refractivity contribution is -0.884. The Balaban J connectivity index is 0.00000144. The van der Waals surface area contributed by atoms with E-state index in [1.165, 1.54) is 5.56 Å². The van der Waals surface area contributed by atoms with E-state index >= 15 is 0 Å². The first kappa shape index (κ1) is 12.3. The maximum atomic E-state index is 5.59. The first-order chi connectivity index (χ1) is 5.47. The minimum absolute atomic E-state index is 0. The first-order valence-corrected chi connectivity index (χ1v) is 4.12. The highest BCUT2D eigenvalue weighted by atomic mass is 35.5. The van der Waals surface area contributed by atoms with Gasteiger partial charge in [-0.25, -0.2) is 0 Å². The summed E-state index contributed by atoms with van der Waals surface area (Å²) in [7, 11) is 6.53. The van der Waals surface area contributed by atoms with E-state index in [0.29, 0.717) is 0 Å². The van der Waals surface area contributed by atoms with Crippen LogP contribution >= 0.6 is 0 Å². The van der Waals surface area contributed by atoms with Gasteiger partial charge in [0.05, 0.1) is 21.1 Å². The minimum atomic E-state index is 0. The Bertz CT molecular complexity index is 249.